The molecule has 4 heteroatoms. The van der Waals surface area contributed by atoms with Gasteiger partial charge >= 0.3 is 0 Å². The molecule has 1 aromatic carbocycles. The van der Waals surface area contributed by atoms with E-state index in [4.69, 9.17) is 5.73 Å². The minimum absolute atomic E-state index is 0.116. The predicted octanol–water partition coefficient (Wildman–Crippen LogP) is 2.02. The molecule has 0 saturated heterocycles. The largest absolute Gasteiger partial charge is 0.353 e. The van der Waals surface area contributed by atoms with Gasteiger partial charge in [-0.05, 0) is 12.0 Å². The highest BCUT2D eigenvalue weighted by Crippen LogP contribution is 2.11. The first-order chi connectivity index (χ1) is 8.16. The second kappa shape index (κ2) is 5.10. The number of para-hydroxylation sites is 1. The number of rotatable bonds is 4. The first-order valence-electron chi connectivity index (χ1n) is 5.88. The molecule has 2 rings (SSSR count). The van der Waals surface area contributed by atoms with Gasteiger partial charge < -0.3 is 11.1 Å². The fourth-order valence-electron chi connectivity index (χ4n) is 1.50. The van der Waals surface area contributed by atoms with Gasteiger partial charge in [0.05, 0.1) is 5.52 Å². The summed E-state index contributed by atoms with van der Waals surface area (Å²) in [6, 6.07) is 8.04. The lowest BCUT2D eigenvalue weighted by molar-refractivity contribution is 0.510. The van der Waals surface area contributed by atoms with E-state index in [0.29, 0.717) is 18.4 Å². The minimum Gasteiger partial charge on any atom is -0.353 e. The Morgan fingerprint density at radius 1 is 1.29 bits per heavy atom. The van der Waals surface area contributed by atoms with Crippen molar-refractivity contribution in [2.45, 2.75) is 19.9 Å². The molecule has 0 amide bonds. The molecule has 1 atom stereocenters. The average Bonchev–Trinajstić information content (AvgIpc) is 2.35. The van der Waals surface area contributed by atoms with E-state index in [2.05, 4.69) is 29.1 Å². The van der Waals surface area contributed by atoms with E-state index in [1.807, 2.05) is 30.5 Å². The molecule has 1 aromatic heterocycles. The maximum Gasteiger partial charge on any atom is 0.223 e. The van der Waals surface area contributed by atoms with E-state index < -0.39 is 0 Å². The number of nitrogens with zero attached hydrogens (tertiary/aromatic N) is 2. The van der Waals surface area contributed by atoms with Gasteiger partial charge in [0.25, 0.3) is 0 Å². The molecular weight excluding hydrogens is 212 g/mol. The normalized spacial score (nSPS) is 12.9. The number of anilines is 1. The molecule has 0 aliphatic heterocycles. The van der Waals surface area contributed by atoms with Gasteiger partial charge in [0.15, 0.2) is 0 Å². The zero-order chi connectivity index (χ0) is 12.3. The maximum atomic E-state index is 5.96. The topological polar surface area (TPSA) is 63.8 Å². The lowest BCUT2D eigenvalue weighted by atomic mass is 10.1. The number of nitrogens with one attached hydrogen (secondary N) is 1. The van der Waals surface area contributed by atoms with Crippen LogP contribution in [0.1, 0.15) is 13.8 Å². The van der Waals surface area contributed by atoms with Gasteiger partial charge in [-0.3, -0.25) is 0 Å². The van der Waals surface area contributed by atoms with Crippen molar-refractivity contribution in [1.82, 2.24) is 9.97 Å². The Morgan fingerprint density at radius 2 is 2.06 bits per heavy atom. The lowest BCUT2D eigenvalue weighted by Gasteiger charge is -2.16. The van der Waals surface area contributed by atoms with Crippen molar-refractivity contribution < 1.29 is 0 Å². The van der Waals surface area contributed by atoms with Gasteiger partial charge in [0.1, 0.15) is 0 Å². The summed E-state index contributed by atoms with van der Waals surface area (Å²) < 4.78 is 0. The average molecular weight is 230 g/mol. The fraction of sp³-hybridized carbons (Fsp3) is 0.385. The first-order valence-corrected chi connectivity index (χ1v) is 5.88. The van der Waals surface area contributed by atoms with Gasteiger partial charge in [-0.1, -0.05) is 32.0 Å². The van der Waals surface area contributed by atoms with Gasteiger partial charge in [-0.2, -0.15) is 0 Å². The second-order valence-electron chi connectivity index (χ2n) is 4.54. The molecule has 1 heterocycles. The fourth-order valence-corrected chi connectivity index (χ4v) is 1.50. The van der Waals surface area contributed by atoms with Crippen molar-refractivity contribution in [3.63, 3.8) is 0 Å². The summed E-state index contributed by atoms with van der Waals surface area (Å²) in [5.41, 5.74) is 6.91. The Morgan fingerprint density at radius 3 is 2.82 bits per heavy atom. The van der Waals surface area contributed by atoms with E-state index in [1.54, 1.807) is 0 Å². The Balaban J connectivity index is 2.09. The molecular formula is C13H18N4. The Kier molecular flexibility index (Phi) is 3.54. The van der Waals surface area contributed by atoms with Crippen LogP contribution in [0.4, 0.5) is 5.95 Å². The zero-order valence-electron chi connectivity index (χ0n) is 10.2. The standard InChI is InChI=1S/C13H18N4/c1-9(2)11(14)8-16-13-15-7-10-5-3-4-6-12(10)17-13/h3-7,9,11H,8,14H2,1-2H3,(H,15,16,17). The smallest absolute Gasteiger partial charge is 0.223 e. The van der Waals surface area contributed by atoms with E-state index in [1.165, 1.54) is 0 Å². The van der Waals surface area contributed by atoms with Gasteiger partial charge in [-0.25, -0.2) is 9.97 Å². The number of benzene rings is 1. The summed E-state index contributed by atoms with van der Waals surface area (Å²) in [6.07, 6.45) is 1.82. The Hall–Kier alpha value is -1.68. The molecule has 17 heavy (non-hydrogen) atoms. The number of hydrogen-bond acceptors (Lipinski definition) is 4. The van der Waals surface area contributed by atoms with Crippen LogP contribution in [0.15, 0.2) is 30.5 Å². The van der Waals surface area contributed by atoms with Crippen molar-refractivity contribution in [2.75, 3.05) is 11.9 Å². The van der Waals surface area contributed by atoms with Crippen LogP contribution in [0.5, 0.6) is 0 Å². The first kappa shape index (κ1) is 11.8. The third kappa shape index (κ3) is 2.91. The van der Waals surface area contributed by atoms with Crippen LogP contribution < -0.4 is 11.1 Å². The molecule has 90 valence electrons. The van der Waals surface area contributed by atoms with Crippen LogP contribution in [-0.2, 0) is 0 Å². The van der Waals surface area contributed by atoms with Crippen molar-refractivity contribution in [3.8, 4) is 0 Å². The van der Waals surface area contributed by atoms with Crippen LogP contribution in [0, 0.1) is 5.92 Å². The van der Waals surface area contributed by atoms with Gasteiger partial charge in [-0.15, -0.1) is 0 Å². The molecule has 0 saturated carbocycles. The summed E-state index contributed by atoms with van der Waals surface area (Å²) in [4.78, 5) is 8.69. The third-order valence-electron chi connectivity index (χ3n) is 2.84. The molecule has 0 fully saturated rings. The van der Waals surface area contributed by atoms with Crippen molar-refractivity contribution >= 4 is 16.9 Å². The lowest BCUT2D eigenvalue weighted by Crippen LogP contribution is -2.34. The minimum atomic E-state index is 0.116. The van der Waals surface area contributed by atoms with Crippen LogP contribution >= 0.6 is 0 Å². The van der Waals surface area contributed by atoms with Crippen molar-refractivity contribution in [2.24, 2.45) is 11.7 Å². The summed E-state index contributed by atoms with van der Waals surface area (Å²) >= 11 is 0. The molecule has 0 bridgehead atoms. The molecule has 3 N–H and O–H groups in total. The second-order valence-corrected chi connectivity index (χ2v) is 4.54. The van der Waals surface area contributed by atoms with E-state index in [9.17, 15) is 0 Å². The summed E-state index contributed by atoms with van der Waals surface area (Å²) in [7, 11) is 0. The van der Waals surface area contributed by atoms with Crippen molar-refractivity contribution in [1.29, 1.82) is 0 Å². The Labute approximate surface area is 101 Å². The predicted molar refractivity (Wildman–Crippen MR) is 70.8 cm³/mol. The number of aromatic nitrogens is 2. The molecule has 0 aliphatic rings. The monoisotopic (exact) mass is 230 g/mol. The van der Waals surface area contributed by atoms with Gasteiger partial charge in [0, 0.05) is 24.2 Å². The number of nitrogens with two attached hydrogens (primary N) is 1. The van der Waals surface area contributed by atoms with Crippen LogP contribution in [0.25, 0.3) is 10.9 Å². The van der Waals surface area contributed by atoms with E-state index >= 15 is 0 Å². The van der Waals surface area contributed by atoms with Crippen LogP contribution in [-0.4, -0.2) is 22.6 Å². The molecule has 0 radical (unpaired) electrons. The maximum absolute atomic E-state index is 5.96. The van der Waals surface area contributed by atoms with E-state index in [-0.39, 0.29) is 6.04 Å². The molecule has 2 aromatic rings. The van der Waals surface area contributed by atoms with Crippen LogP contribution in [0.3, 0.4) is 0 Å². The summed E-state index contributed by atoms with van der Waals surface area (Å²) in [5, 5.41) is 4.22. The Bertz CT molecular complexity index is 495. The number of hydrogen-bond donors (Lipinski definition) is 2. The van der Waals surface area contributed by atoms with E-state index in [0.717, 1.165) is 10.9 Å². The SMILES string of the molecule is CC(C)C(N)CNc1ncc2ccccc2n1. The summed E-state index contributed by atoms with van der Waals surface area (Å²) in [6.45, 7) is 4.90. The molecule has 1 unspecified atom stereocenters. The molecule has 4 nitrogen and oxygen atoms in total. The third-order valence-corrected chi connectivity index (χ3v) is 2.84. The molecule has 0 spiro atoms. The van der Waals surface area contributed by atoms with Crippen LogP contribution in [0.2, 0.25) is 0 Å². The highest BCUT2D eigenvalue weighted by Gasteiger charge is 2.07. The van der Waals surface area contributed by atoms with Crippen molar-refractivity contribution in [3.05, 3.63) is 30.5 Å². The summed E-state index contributed by atoms with van der Waals surface area (Å²) in [5.74, 6) is 1.09. The van der Waals surface area contributed by atoms with Gasteiger partial charge in [0.2, 0.25) is 5.95 Å². The molecule has 0 aliphatic carbocycles. The zero-order valence-corrected chi connectivity index (χ0v) is 10.2. The highest BCUT2D eigenvalue weighted by atomic mass is 15.1. The number of fused-ring (bicyclic) bond motifs is 1. The quantitative estimate of drug-likeness (QED) is 0.843. The highest BCUT2D eigenvalue weighted by molar-refractivity contribution is 5.78.